The minimum atomic E-state index is -0.315. The summed E-state index contributed by atoms with van der Waals surface area (Å²) >= 11 is 1.63. The number of carbonyl (C=O) groups is 1. The van der Waals surface area contributed by atoms with Gasteiger partial charge >= 0.3 is 6.03 Å². The maximum absolute atomic E-state index is 12.5. The zero-order valence-electron chi connectivity index (χ0n) is 15.0. The van der Waals surface area contributed by atoms with E-state index in [1.807, 2.05) is 13.8 Å². The maximum Gasteiger partial charge on any atom is 0.322 e. The molecule has 2 rings (SSSR count). The third kappa shape index (κ3) is 3.67. The van der Waals surface area contributed by atoms with E-state index in [9.17, 15) is 9.59 Å². The van der Waals surface area contributed by atoms with E-state index < -0.39 is 0 Å². The predicted molar refractivity (Wildman–Crippen MR) is 97.8 cm³/mol. The molecule has 6 nitrogen and oxygen atoms in total. The van der Waals surface area contributed by atoms with E-state index in [2.05, 4.69) is 24.1 Å². The molecule has 1 atom stereocenters. The Hall–Kier alpha value is -2.15. The van der Waals surface area contributed by atoms with Crippen molar-refractivity contribution >= 4 is 23.1 Å². The molecule has 0 unspecified atom stereocenters. The monoisotopic (exact) mass is 348 g/mol. The van der Waals surface area contributed by atoms with E-state index in [1.165, 1.54) is 4.57 Å². The first-order chi connectivity index (χ1) is 11.2. The number of nitrogens with zero attached hydrogens (tertiary/aromatic N) is 3. The van der Waals surface area contributed by atoms with Crippen molar-refractivity contribution in [3.63, 3.8) is 0 Å². The van der Waals surface area contributed by atoms with Crippen LogP contribution in [0.5, 0.6) is 0 Å². The molecule has 2 amide bonds. The Kier molecular flexibility index (Phi) is 5.43. The van der Waals surface area contributed by atoms with E-state index >= 15 is 0 Å². The van der Waals surface area contributed by atoms with E-state index in [0.29, 0.717) is 5.92 Å². The first-order valence-corrected chi connectivity index (χ1v) is 8.70. The number of aromatic nitrogens is 2. The molecule has 0 aliphatic carbocycles. The number of nitrogens with one attached hydrogen (secondary N) is 1. The van der Waals surface area contributed by atoms with Crippen LogP contribution < -0.4 is 10.9 Å². The van der Waals surface area contributed by atoms with E-state index in [4.69, 9.17) is 0 Å². The number of carbonyl (C=O) groups excluding carboxylic acids is 1. The van der Waals surface area contributed by atoms with Gasteiger partial charge in [0.05, 0.1) is 16.7 Å². The number of aryl methyl sites for hydroxylation is 2. The molecular formula is C17H24N4O2S. The van der Waals surface area contributed by atoms with Gasteiger partial charge in [-0.2, -0.15) is 0 Å². The fourth-order valence-corrected chi connectivity index (χ4v) is 3.48. The average molecular weight is 348 g/mol. The lowest BCUT2D eigenvalue weighted by atomic mass is 10.2. The number of thiazole rings is 1. The Morgan fingerprint density at radius 1 is 1.38 bits per heavy atom. The van der Waals surface area contributed by atoms with Gasteiger partial charge in [0.15, 0.2) is 0 Å². The van der Waals surface area contributed by atoms with Crippen molar-refractivity contribution in [1.82, 2.24) is 14.5 Å². The molecule has 24 heavy (non-hydrogen) atoms. The summed E-state index contributed by atoms with van der Waals surface area (Å²) in [5.41, 5.74) is 0.988. The number of hydrogen-bond acceptors (Lipinski definition) is 4. The minimum absolute atomic E-state index is 0.123. The fraction of sp³-hybridized carbons (Fsp3) is 0.471. The van der Waals surface area contributed by atoms with Crippen molar-refractivity contribution in [2.75, 3.05) is 12.4 Å². The standard InChI is InChI=1S/C17H24N4O2S/c1-10(2)15-18-11(3)14(24-15)12(4)21(6)17(23)19-13-8-7-9-20(5)16(13)22/h7-10,12H,1-6H3,(H,19,23)/t12-/m0/s1. The molecule has 2 aromatic heterocycles. The summed E-state index contributed by atoms with van der Waals surface area (Å²) in [4.78, 5) is 31.8. The molecule has 0 aliphatic heterocycles. The number of pyridine rings is 1. The van der Waals surface area contributed by atoms with Gasteiger partial charge in [-0.3, -0.25) is 4.79 Å². The maximum atomic E-state index is 12.5. The van der Waals surface area contributed by atoms with Crippen LogP contribution in [-0.4, -0.2) is 27.5 Å². The molecule has 7 heteroatoms. The summed E-state index contributed by atoms with van der Waals surface area (Å²) in [5.74, 6) is 0.362. The molecule has 2 heterocycles. The Balaban J connectivity index is 2.18. The van der Waals surface area contributed by atoms with Crippen LogP contribution in [0, 0.1) is 6.92 Å². The minimum Gasteiger partial charge on any atom is -0.320 e. The molecule has 0 bridgehead atoms. The number of amides is 2. The summed E-state index contributed by atoms with van der Waals surface area (Å²) in [6, 6.07) is 2.89. The lowest BCUT2D eigenvalue weighted by Crippen LogP contribution is -2.35. The highest BCUT2D eigenvalue weighted by atomic mass is 32.1. The molecule has 0 aromatic carbocycles. The van der Waals surface area contributed by atoms with Gasteiger partial charge in [0.2, 0.25) is 0 Å². The van der Waals surface area contributed by atoms with Crippen LogP contribution in [0.25, 0.3) is 0 Å². The Morgan fingerprint density at radius 2 is 2.04 bits per heavy atom. The second-order valence-corrected chi connectivity index (χ2v) is 7.27. The van der Waals surface area contributed by atoms with Crippen molar-refractivity contribution in [3.05, 3.63) is 44.3 Å². The highest BCUT2D eigenvalue weighted by molar-refractivity contribution is 7.11. The molecule has 2 aromatic rings. The second kappa shape index (κ2) is 7.17. The number of rotatable bonds is 4. The molecule has 0 spiro atoms. The zero-order chi connectivity index (χ0) is 18.0. The first-order valence-electron chi connectivity index (χ1n) is 7.89. The van der Waals surface area contributed by atoms with Gasteiger partial charge in [0.25, 0.3) is 5.56 Å². The third-order valence-electron chi connectivity index (χ3n) is 3.99. The lowest BCUT2D eigenvalue weighted by molar-refractivity contribution is 0.209. The van der Waals surface area contributed by atoms with Crippen LogP contribution in [0.2, 0.25) is 0 Å². The molecule has 0 saturated heterocycles. The van der Waals surface area contributed by atoms with Gasteiger partial charge in [-0.15, -0.1) is 11.3 Å². The van der Waals surface area contributed by atoms with Crippen LogP contribution in [0.15, 0.2) is 23.1 Å². The Morgan fingerprint density at radius 3 is 2.62 bits per heavy atom. The molecule has 0 fully saturated rings. The molecular weight excluding hydrogens is 324 g/mol. The topological polar surface area (TPSA) is 67.2 Å². The van der Waals surface area contributed by atoms with Gasteiger partial charge < -0.3 is 14.8 Å². The van der Waals surface area contributed by atoms with Gasteiger partial charge in [-0.25, -0.2) is 9.78 Å². The molecule has 0 aliphatic rings. The molecule has 0 saturated carbocycles. The molecule has 1 N–H and O–H groups in total. The Labute approximate surface area is 146 Å². The van der Waals surface area contributed by atoms with Gasteiger partial charge in [-0.05, 0) is 26.0 Å². The van der Waals surface area contributed by atoms with Crippen LogP contribution in [0.3, 0.4) is 0 Å². The summed E-state index contributed by atoms with van der Waals surface area (Å²) in [7, 11) is 3.38. The summed E-state index contributed by atoms with van der Waals surface area (Å²) in [6.07, 6.45) is 1.65. The van der Waals surface area contributed by atoms with E-state index in [0.717, 1.165) is 15.6 Å². The zero-order valence-corrected chi connectivity index (χ0v) is 15.8. The highest BCUT2D eigenvalue weighted by Crippen LogP contribution is 2.31. The van der Waals surface area contributed by atoms with Gasteiger partial charge in [0.1, 0.15) is 5.69 Å². The summed E-state index contributed by atoms with van der Waals surface area (Å²) < 4.78 is 1.43. The van der Waals surface area contributed by atoms with Crippen LogP contribution in [0.4, 0.5) is 10.5 Å². The van der Waals surface area contributed by atoms with Crippen molar-refractivity contribution in [2.24, 2.45) is 7.05 Å². The average Bonchev–Trinajstić information content (AvgIpc) is 2.92. The van der Waals surface area contributed by atoms with Crippen molar-refractivity contribution in [1.29, 1.82) is 0 Å². The predicted octanol–water partition coefficient (Wildman–Crippen LogP) is 3.50. The highest BCUT2D eigenvalue weighted by Gasteiger charge is 2.23. The Bertz CT molecular complexity index is 794. The van der Waals surface area contributed by atoms with Crippen LogP contribution in [0.1, 0.15) is 48.3 Å². The SMILES string of the molecule is Cc1nc(C(C)C)sc1[C@H](C)N(C)C(=O)Nc1cccn(C)c1=O. The summed E-state index contributed by atoms with van der Waals surface area (Å²) in [6.45, 7) is 8.14. The van der Waals surface area contributed by atoms with Crippen molar-refractivity contribution in [2.45, 2.75) is 39.7 Å². The van der Waals surface area contributed by atoms with Crippen molar-refractivity contribution < 1.29 is 4.79 Å². The van der Waals surface area contributed by atoms with Gasteiger partial charge in [0, 0.05) is 31.1 Å². The van der Waals surface area contributed by atoms with E-state index in [-0.39, 0.29) is 23.3 Å². The number of urea groups is 1. The normalized spacial score (nSPS) is 12.3. The smallest absolute Gasteiger partial charge is 0.320 e. The quantitative estimate of drug-likeness (QED) is 0.919. The second-order valence-electron chi connectivity index (χ2n) is 6.21. The van der Waals surface area contributed by atoms with Crippen LogP contribution in [-0.2, 0) is 7.05 Å². The first kappa shape index (κ1) is 18.2. The number of hydrogen-bond donors (Lipinski definition) is 1. The summed E-state index contributed by atoms with van der Waals surface area (Å²) in [5, 5.41) is 3.76. The molecule has 130 valence electrons. The van der Waals surface area contributed by atoms with Crippen molar-refractivity contribution in [3.8, 4) is 0 Å². The van der Waals surface area contributed by atoms with E-state index in [1.54, 1.807) is 48.7 Å². The third-order valence-corrected chi connectivity index (χ3v) is 5.62. The fourth-order valence-electron chi connectivity index (χ4n) is 2.31. The largest absolute Gasteiger partial charge is 0.322 e. The van der Waals surface area contributed by atoms with Crippen LogP contribution >= 0.6 is 11.3 Å². The number of anilines is 1. The van der Waals surface area contributed by atoms with Gasteiger partial charge in [-0.1, -0.05) is 13.8 Å². The molecule has 0 radical (unpaired) electrons. The lowest BCUT2D eigenvalue weighted by Gasteiger charge is -2.24.